The Hall–Kier alpha value is -0.820. The molecule has 2 N–H and O–H groups in total. The third-order valence-electron chi connectivity index (χ3n) is 2.86. The first-order valence-corrected chi connectivity index (χ1v) is 6.09. The minimum atomic E-state index is 0.375. The van der Waals surface area contributed by atoms with Crippen LogP contribution in [0, 0.1) is 0 Å². The van der Waals surface area contributed by atoms with E-state index in [-0.39, 0.29) is 0 Å². The van der Waals surface area contributed by atoms with Crippen molar-refractivity contribution in [1.29, 1.82) is 0 Å². The van der Waals surface area contributed by atoms with E-state index in [1.54, 1.807) is 0 Å². The van der Waals surface area contributed by atoms with Gasteiger partial charge in [0, 0.05) is 6.04 Å². The molecule has 1 nitrogen and oxygen atoms in total. The second-order valence-electron chi connectivity index (χ2n) is 4.26. The number of hydrogen-bond donors (Lipinski definition) is 1. The lowest BCUT2D eigenvalue weighted by atomic mass is 10.0. The highest BCUT2D eigenvalue weighted by Crippen LogP contribution is 2.10. The largest absolute Gasteiger partial charge is 0.328 e. The molecule has 0 saturated heterocycles. The minimum absolute atomic E-state index is 0.375. The zero-order valence-electron chi connectivity index (χ0n) is 10.00. The van der Waals surface area contributed by atoms with E-state index in [9.17, 15) is 0 Å². The lowest BCUT2D eigenvalue weighted by molar-refractivity contribution is 0.561. The van der Waals surface area contributed by atoms with Crippen molar-refractivity contribution in [3.8, 4) is 0 Å². The molecule has 15 heavy (non-hydrogen) atoms. The third-order valence-corrected chi connectivity index (χ3v) is 2.86. The molecular weight excluding hydrogens is 182 g/mol. The van der Waals surface area contributed by atoms with Gasteiger partial charge in [-0.3, -0.25) is 0 Å². The van der Waals surface area contributed by atoms with Gasteiger partial charge in [0.2, 0.25) is 0 Å². The van der Waals surface area contributed by atoms with E-state index in [1.807, 2.05) is 0 Å². The molecule has 1 heteroatoms. The highest BCUT2D eigenvalue weighted by molar-refractivity contribution is 5.23. The van der Waals surface area contributed by atoms with Gasteiger partial charge in [-0.1, -0.05) is 44.5 Å². The van der Waals surface area contributed by atoms with Crippen molar-refractivity contribution in [2.45, 2.75) is 52.0 Å². The van der Waals surface area contributed by atoms with Crippen LogP contribution in [0.15, 0.2) is 24.3 Å². The number of rotatable bonds is 6. The SMILES string of the molecule is CCCC(N)CCc1cccc(CC)c1. The predicted molar refractivity (Wildman–Crippen MR) is 67.0 cm³/mol. The van der Waals surface area contributed by atoms with Crippen molar-refractivity contribution in [3.05, 3.63) is 35.4 Å². The average Bonchev–Trinajstić information content (AvgIpc) is 2.27. The standard InChI is InChI=1S/C14H23N/c1-3-6-14(15)10-9-13-8-5-7-12(4-2)11-13/h5,7-8,11,14H,3-4,6,9-10,15H2,1-2H3. The molecule has 0 radical (unpaired) electrons. The Bertz CT molecular complexity index is 280. The average molecular weight is 205 g/mol. The van der Waals surface area contributed by atoms with E-state index >= 15 is 0 Å². The number of hydrogen-bond acceptors (Lipinski definition) is 1. The summed E-state index contributed by atoms with van der Waals surface area (Å²) < 4.78 is 0. The van der Waals surface area contributed by atoms with Crippen molar-refractivity contribution in [2.24, 2.45) is 5.73 Å². The Balaban J connectivity index is 2.43. The first-order valence-electron chi connectivity index (χ1n) is 6.09. The highest BCUT2D eigenvalue weighted by atomic mass is 14.6. The first-order chi connectivity index (χ1) is 7.26. The molecule has 0 saturated carbocycles. The van der Waals surface area contributed by atoms with Crippen molar-refractivity contribution < 1.29 is 0 Å². The van der Waals surface area contributed by atoms with Gasteiger partial charge in [-0.15, -0.1) is 0 Å². The lowest BCUT2D eigenvalue weighted by Gasteiger charge is -2.10. The van der Waals surface area contributed by atoms with Crippen LogP contribution in [0.5, 0.6) is 0 Å². The van der Waals surface area contributed by atoms with Crippen LogP contribution >= 0.6 is 0 Å². The Morgan fingerprint density at radius 3 is 2.53 bits per heavy atom. The summed E-state index contributed by atoms with van der Waals surface area (Å²) in [5, 5.41) is 0. The molecule has 0 aromatic heterocycles. The molecule has 0 fully saturated rings. The molecule has 0 aliphatic carbocycles. The number of benzene rings is 1. The van der Waals surface area contributed by atoms with Crippen molar-refractivity contribution in [3.63, 3.8) is 0 Å². The molecule has 0 aliphatic heterocycles. The van der Waals surface area contributed by atoms with Crippen LogP contribution in [0.2, 0.25) is 0 Å². The summed E-state index contributed by atoms with van der Waals surface area (Å²) in [7, 11) is 0. The summed E-state index contributed by atoms with van der Waals surface area (Å²) in [5.41, 5.74) is 8.86. The summed E-state index contributed by atoms with van der Waals surface area (Å²) >= 11 is 0. The highest BCUT2D eigenvalue weighted by Gasteiger charge is 2.02. The van der Waals surface area contributed by atoms with Gasteiger partial charge in [0.25, 0.3) is 0 Å². The number of nitrogens with two attached hydrogens (primary N) is 1. The maximum Gasteiger partial charge on any atom is 0.00418 e. The molecule has 1 unspecified atom stereocenters. The molecule has 0 spiro atoms. The van der Waals surface area contributed by atoms with E-state index in [4.69, 9.17) is 5.73 Å². The monoisotopic (exact) mass is 205 g/mol. The van der Waals surface area contributed by atoms with Gasteiger partial charge in [0.15, 0.2) is 0 Å². The second kappa shape index (κ2) is 6.62. The van der Waals surface area contributed by atoms with Gasteiger partial charge in [-0.25, -0.2) is 0 Å². The molecule has 1 aromatic rings. The van der Waals surface area contributed by atoms with E-state index in [1.165, 1.54) is 17.5 Å². The molecule has 0 bridgehead atoms. The van der Waals surface area contributed by atoms with Crippen molar-refractivity contribution >= 4 is 0 Å². The van der Waals surface area contributed by atoms with Crippen molar-refractivity contribution in [1.82, 2.24) is 0 Å². The minimum Gasteiger partial charge on any atom is -0.328 e. The van der Waals surface area contributed by atoms with Gasteiger partial charge >= 0.3 is 0 Å². The first kappa shape index (κ1) is 12.3. The summed E-state index contributed by atoms with van der Waals surface area (Å²) in [6.45, 7) is 4.39. The van der Waals surface area contributed by atoms with Gasteiger partial charge < -0.3 is 5.73 Å². The summed E-state index contributed by atoms with van der Waals surface area (Å²) in [6, 6.07) is 9.23. The Labute approximate surface area is 93.7 Å². The fourth-order valence-corrected chi connectivity index (χ4v) is 1.87. The van der Waals surface area contributed by atoms with Crippen molar-refractivity contribution in [2.75, 3.05) is 0 Å². The van der Waals surface area contributed by atoms with Crippen LogP contribution in [-0.2, 0) is 12.8 Å². The van der Waals surface area contributed by atoms with E-state index in [2.05, 4.69) is 38.1 Å². The molecule has 84 valence electrons. The summed E-state index contributed by atoms with van der Waals surface area (Å²) in [6.07, 6.45) is 5.69. The maximum absolute atomic E-state index is 6.00. The molecule has 1 atom stereocenters. The molecule has 1 aromatic carbocycles. The summed E-state index contributed by atoms with van der Waals surface area (Å²) in [5.74, 6) is 0. The Morgan fingerprint density at radius 1 is 1.13 bits per heavy atom. The van der Waals surface area contributed by atoms with Gasteiger partial charge in [-0.2, -0.15) is 0 Å². The fourth-order valence-electron chi connectivity index (χ4n) is 1.87. The predicted octanol–water partition coefficient (Wildman–Crippen LogP) is 3.31. The normalized spacial score (nSPS) is 12.7. The summed E-state index contributed by atoms with van der Waals surface area (Å²) in [4.78, 5) is 0. The third kappa shape index (κ3) is 4.48. The van der Waals surface area contributed by atoms with Crippen LogP contribution in [0.1, 0.15) is 44.2 Å². The fraction of sp³-hybridized carbons (Fsp3) is 0.571. The van der Waals surface area contributed by atoms with E-state index in [0.29, 0.717) is 6.04 Å². The molecule has 0 amide bonds. The smallest absolute Gasteiger partial charge is 0.00418 e. The van der Waals surface area contributed by atoms with E-state index in [0.717, 1.165) is 25.7 Å². The Morgan fingerprint density at radius 2 is 1.87 bits per heavy atom. The molecule has 0 heterocycles. The van der Waals surface area contributed by atoms with Crippen LogP contribution in [0.3, 0.4) is 0 Å². The van der Waals surface area contributed by atoms with Gasteiger partial charge in [0.1, 0.15) is 0 Å². The van der Waals surface area contributed by atoms with Crippen LogP contribution in [-0.4, -0.2) is 6.04 Å². The van der Waals surface area contributed by atoms with Crippen LogP contribution < -0.4 is 5.73 Å². The van der Waals surface area contributed by atoms with Gasteiger partial charge in [-0.05, 0) is 36.8 Å². The van der Waals surface area contributed by atoms with Crippen LogP contribution in [0.25, 0.3) is 0 Å². The molecule has 0 aliphatic rings. The molecule has 1 rings (SSSR count). The zero-order chi connectivity index (χ0) is 11.1. The van der Waals surface area contributed by atoms with E-state index < -0.39 is 0 Å². The van der Waals surface area contributed by atoms with Gasteiger partial charge in [0.05, 0.1) is 0 Å². The Kier molecular flexibility index (Phi) is 5.41. The second-order valence-corrected chi connectivity index (χ2v) is 4.26. The molecular formula is C14H23N. The van der Waals surface area contributed by atoms with Crippen LogP contribution in [0.4, 0.5) is 0 Å². The maximum atomic E-state index is 6.00. The lowest BCUT2D eigenvalue weighted by Crippen LogP contribution is -2.20. The quantitative estimate of drug-likeness (QED) is 0.757. The number of aryl methyl sites for hydroxylation is 2. The zero-order valence-corrected chi connectivity index (χ0v) is 10.00. The topological polar surface area (TPSA) is 26.0 Å².